The second-order valence-corrected chi connectivity index (χ2v) is 6.87. The molecule has 3 heteroatoms. The van der Waals surface area contributed by atoms with Gasteiger partial charge in [-0.3, -0.25) is 4.79 Å². The first-order valence-electron chi connectivity index (χ1n) is 8.93. The number of aryl methyl sites for hydroxylation is 4. The lowest BCUT2D eigenvalue weighted by Gasteiger charge is -2.22. The monoisotopic (exact) mass is 339 g/mol. The summed E-state index contributed by atoms with van der Waals surface area (Å²) in [5, 5.41) is 3.10. The van der Waals surface area contributed by atoms with Crippen molar-refractivity contribution in [2.24, 2.45) is 0 Å². The number of carbonyl (C=O) groups excluding carboxylic acids is 1. The topological polar surface area (TPSA) is 38.3 Å². The van der Waals surface area contributed by atoms with E-state index in [2.05, 4.69) is 43.4 Å². The van der Waals surface area contributed by atoms with Crippen molar-refractivity contribution in [1.82, 2.24) is 5.32 Å². The van der Waals surface area contributed by atoms with Gasteiger partial charge >= 0.3 is 0 Å². The van der Waals surface area contributed by atoms with E-state index in [4.69, 9.17) is 4.74 Å². The van der Waals surface area contributed by atoms with Gasteiger partial charge in [-0.15, -0.1) is 0 Å². The van der Waals surface area contributed by atoms with Gasteiger partial charge in [0.2, 0.25) is 0 Å². The maximum atomic E-state index is 12.7. The summed E-state index contributed by atoms with van der Waals surface area (Å²) in [6.07, 6.45) is 0.132. The van der Waals surface area contributed by atoms with Crippen molar-refractivity contribution in [3.05, 3.63) is 64.2 Å². The van der Waals surface area contributed by atoms with Crippen LogP contribution in [-0.4, -0.2) is 12.0 Å². The van der Waals surface area contributed by atoms with Crippen LogP contribution in [-0.2, 0) is 4.79 Å². The van der Waals surface area contributed by atoms with Crippen molar-refractivity contribution in [3.8, 4) is 5.75 Å². The normalized spacial score (nSPS) is 13.2. The van der Waals surface area contributed by atoms with E-state index in [9.17, 15) is 4.79 Å². The Balaban J connectivity index is 2.10. The van der Waals surface area contributed by atoms with Gasteiger partial charge in [0.25, 0.3) is 5.91 Å². The smallest absolute Gasteiger partial charge is 0.261 e. The van der Waals surface area contributed by atoms with Gasteiger partial charge in [0.15, 0.2) is 6.10 Å². The lowest BCUT2D eigenvalue weighted by atomic mass is 10.00. The maximum Gasteiger partial charge on any atom is 0.261 e. The lowest BCUT2D eigenvalue weighted by Crippen LogP contribution is -2.39. The Morgan fingerprint density at radius 3 is 2.28 bits per heavy atom. The highest BCUT2D eigenvalue weighted by Crippen LogP contribution is 2.22. The van der Waals surface area contributed by atoms with Gasteiger partial charge in [-0.25, -0.2) is 0 Å². The third kappa shape index (κ3) is 4.85. The zero-order chi connectivity index (χ0) is 18.6. The van der Waals surface area contributed by atoms with Crippen LogP contribution in [0.2, 0.25) is 0 Å². The van der Waals surface area contributed by atoms with E-state index in [-0.39, 0.29) is 11.9 Å². The van der Waals surface area contributed by atoms with Gasteiger partial charge in [-0.1, -0.05) is 48.4 Å². The fourth-order valence-corrected chi connectivity index (χ4v) is 3.02. The second kappa shape index (κ2) is 8.19. The van der Waals surface area contributed by atoms with E-state index in [1.54, 1.807) is 0 Å². The molecule has 0 heterocycles. The van der Waals surface area contributed by atoms with Crippen LogP contribution in [0.15, 0.2) is 36.4 Å². The highest BCUT2D eigenvalue weighted by Gasteiger charge is 2.22. The van der Waals surface area contributed by atoms with E-state index < -0.39 is 6.10 Å². The summed E-state index contributed by atoms with van der Waals surface area (Å²) in [5.41, 5.74) is 5.76. The van der Waals surface area contributed by atoms with Crippen molar-refractivity contribution < 1.29 is 9.53 Å². The number of amides is 1. The Morgan fingerprint density at radius 2 is 1.64 bits per heavy atom. The molecule has 0 radical (unpaired) electrons. The number of hydrogen-bond acceptors (Lipinski definition) is 2. The van der Waals surface area contributed by atoms with Crippen molar-refractivity contribution in [1.29, 1.82) is 0 Å². The Labute approximate surface area is 151 Å². The zero-order valence-corrected chi connectivity index (χ0v) is 16.1. The number of nitrogens with one attached hydrogen (secondary N) is 1. The molecule has 0 saturated heterocycles. The van der Waals surface area contributed by atoms with E-state index >= 15 is 0 Å². The summed E-state index contributed by atoms with van der Waals surface area (Å²) in [4.78, 5) is 12.7. The molecule has 0 unspecified atom stereocenters. The molecule has 0 fully saturated rings. The minimum Gasteiger partial charge on any atom is -0.480 e. The van der Waals surface area contributed by atoms with Gasteiger partial charge in [-0.2, -0.15) is 0 Å². The Kier molecular flexibility index (Phi) is 6.24. The molecule has 0 bridgehead atoms. The van der Waals surface area contributed by atoms with E-state index in [1.165, 1.54) is 16.7 Å². The quantitative estimate of drug-likeness (QED) is 0.808. The van der Waals surface area contributed by atoms with E-state index in [1.807, 2.05) is 39.8 Å². The van der Waals surface area contributed by atoms with Crippen LogP contribution in [0.4, 0.5) is 0 Å². The van der Waals surface area contributed by atoms with Crippen LogP contribution < -0.4 is 10.1 Å². The SMILES string of the molecule is CC[C@H](Oc1ccc(C)cc1C)C(=O)N[C@H](C)c1cc(C)ccc1C. The number of hydrogen-bond donors (Lipinski definition) is 1. The van der Waals surface area contributed by atoms with Crippen molar-refractivity contribution in [3.63, 3.8) is 0 Å². The van der Waals surface area contributed by atoms with Gasteiger partial charge in [0.1, 0.15) is 5.75 Å². The van der Waals surface area contributed by atoms with Crippen LogP contribution in [0.5, 0.6) is 5.75 Å². The molecule has 1 amide bonds. The molecule has 134 valence electrons. The lowest BCUT2D eigenvalue weighted by molar-refractivity contribution is -0.128. The predicted molar refractivity (Wildman–Crippen MR) is 103 cm³/mol. The van der Waals surface area contributed by atoms with Gasteiger partial charge in [0, 0.05) is 0 Å². The minimum absolute atomic E-state index is 0.0517. The van der Waals surface area contributed by atoms with Gasteiger partial charge in [0.05, 0.1) is 6.04 Å². The van der Waals surface area contributed by atoms with E-state index in [0.29, 0.717) is 6.42 Å². The van der Waals surface area contributed by atoms with Crippen LogP contribution in [0.3, 0.4) is 0 Å². The molecule has 0 aromatic heterocycles. The number of benzene rings is 2. The highest BCUT2D eigenvalue weighted by molar-refractivity contribution is 5.81. The first kappa shape index (κ1) is 19.0. The average Bonchev–Trinajstić information content (AvgIpc) is 2.56. The molecule has 2 aromatic rings. The molecule has 0 aliphatic rings. The number of rotatable bonds is 6. The minimum atomic E-state index is -0.492. The second-order valence-electron chi connectivity index (χ2n) is 6.87. The molecule has 0 saturated carbocycles. The number of ether oxygens (including phenoxy) is 1. The van der Waals surface area contributed by atoms with Crippen molar-refractivity contribution in [2.45, 2.75) is 60.1 Å². The third-order valence-corrected chi connectivity index (χ3v) is 4.52. The summed E-state index contributed by atoms with van der Waals surface area (Å²) in [6.45, 7) is 12.2. The first-order chi connectivity index (χ1) is 11.8. The molecular weight excluding hydrogens is 310 g/mol. The fourth-order valence-electron chi connectivity index (χ4n) is 3.02. The molecule has 2 atom stereocenters. The van der Waals surface area contributed by atoms with Crippen LogP contribution in [0.25, 0.3) is 0 Å². The molecule has 2 aromatic carbocycles. The predicted octanol–water partition coefficient (Wildman–Crippen LogP) is 4.96. The molecular formula is C22H29NO2. The Bertz CT molecular complexity index is 752. The number of carbonyl (C=O) groups is 1. The van der Waals surface area contributed by atoms with Crippen molar-refractivity contribution in [2.75, 3.05) is 0 Å². The Morgan fingerprint density at radius 1 is 1.00 bits per heavy atom. The highest BCUT2D eigenvalue weighted by atomic mass is 16.5. The standard InChI is InChI=1S/C22H29NO2/c1-7-20(25-21-11-9-14(2)12-17(21)5)22(24)23-18(6)19-13-15(3)8-10-16(19)4/h8-13,18,20H,7H2,1-6H3,(H,23,24)/t18-,20+/m1/s1. The largest absolute Gasteiger partial charge is 0.480 e. The molecule has 2 rings (SSSR count). The average molecular weight is 339 g/mol. The maximum absolute atomic E-state index is 12.7. The van der Waals surface area contributed by atoms with Crippen molar-refractivity contribution >= 4 is 5.91 Å². The molecule has 0 aliphatic heterocycles. The summed E-state index contributed by atoms with van der Waals surface area (Å²) in [5.74, 6) is 0.697. The van der Waals surface area contributed by atoms with Gasteiger partial charge < -0.3 is 10.1 Å². The molecule has 3 nitrogen and oxygen atoms in total. The molecule has 0 spiro atoms. The Hall–Kier alpha value is -2.29. The summed E-state index contributed by atoms with van der Waals surface area (Å²) >= 11 is 0. The summed E-state index contributed by atoms with van der Waals surface area (Å²) < 4.78 is 5.99. The van der Waals surface area contributed by atoms with Crippen LogP contribution in [0.1, 0.15) is 54.1 Å². The van der Waals surface area contributed by atoms with E-state index in [0.717, 1.165) is 16.9 Å². The molecule has 25 heavy (non-hydrogen) atoms. The zero-order valence-electron chi connectivity index (χ0n) is 16.1. The van der Waals surface area contributed by atoms with Crippen LogP contribution >= 0.6 is 0 Å². The van der Waals surface area contributed by atoms with Gasteiger partial charge in [-0.05, 0) is 63.8 Å². The first-order valence-corrected chi connectivity index (χ1v) is 8.93. The molecule has 0 aliphatic carbocycles. The third-order valence-electron chi connectivity index (χ3n) is 4.52. The van der Waals surface area contributed by atoms with Crippen LogP contribution in [0, 0.1) is 27.7 Å². The summed E-state index contributed by atoms with van der Waals surface area (Å²) in [6, 6.07) is 12.3. The fraction of sp³-hybridized carbons (Fsp3) is 0.409. The summed E-state index contributed by atoms with van der Waals surface area (Å²) in [7, 11) is 0. The molecule has 1 N–H and O–H groups in total.